The second-order valence-electron chi connectivity index (χ2n) is 5.31. The normalized spacial score (nSPS) is 17.1. The Morgan fingerprint density at radius 1 is 1.19 bits per heavy atom. The molecule has 0 aromatic heterocycles. The lowest BCUT2D eigenvalue weighted by Crippen LogP contribution is -2.38. The highest BCUT2D eigenvalue weighted by molar-refractivity contribution is 9.10. The molecule has 0 heterocycles. The Hall–Kier alpha value is -1.32. The first-order chi connectivity index (χ1) is 10.1. The molecule has 0 saturated heterocycles. The van der Waals surface area contributed by atoms with Gasteiger partial charge in [0.1, 0.15) is 0 Å². The van der Waals surface area contributed by atoms with Crippen molar-refractivity contribution in [2.45, 2.75) is 25.3 Å². The van der Waals surface area contributed by atoms with E-state index in [1.54, 1.807) is 18.2 Å². The maximum atomic E-state index is 12.4. The fraction of sp³-hybridized carbons (Fsp3) is 0.235. The van der Waals surface area contributed by atoms with E-state index in [0.29, 0.717) is 10.6 Å². The zero-order valence-electron chi connectivity index (χ0n) is 11.4. The van der Waals surface area contributed by atoms with Crippen LogP contribution < -0.4 is 5.32 Å². The molecule has 0 aliphatic heterocycles. The molecule has 2 aromatic carbocycles. The zero-order chi connectivity index (χ0) is 14.8. The minimum Gasteiger partial charge on any atom is -0.349 e. The molecule has 1 aliphatic rings. The topological polar surface area (TPSA) is 29.1 Å². The van der Waals surface area contributed by atoms with Crippen LogP contribution in [0.3, 0.4) is 0 Å². The van der Waals surface area contributed by atoms with Crippen molar-refractivity contribution in [2.75, 3.05) is 0 Å². The molecule has 0 saturated carbocycles. The summed E-state index contributed by atoms with van der Waals surface area (Å²) in [5, 5.41) is 3.74. The number of nitrogens with one attached hydrogen (secondary N) is 1. The number of amides is 1. The van der Waals surface area contributed by atoms with E-state index in [0.717, 1.165) is 23.7 Å². The first-order valence-electron chi connectivity index (χ1n) is 6.96. The van der Waals surface area contributed by atoms with Gasteiger partial charge < -0.3 is 5.32 Å². The lowest BCUT2D eigenvalue weighted by atomic mass is 9.88. The van der Waals surface area contributed by atoms with E-state index in [-0.39, 0.29) is 11.9 Å². The summed E-state index contributed by atoms with van der Waals surface area (Å²) in [6.07, 6.45) is 2.89. The van der Waals surface area contributed by atoms with Crippen molar-refractivity contribution in [1.29, 1.82) is 0 Å². The van der Waals surface area contributed by atoms with E-state index < -0.39 is 0 Å². The van der Waals surface area contributed by atoms with Gasteiger partial charge in [-0.25, -0.2) is 0 Å². The number of carbonyl (C=O) groups excluding carboxylic acids is 1. The molecule has 3 rings (SSSR count). The molecule has 108 valence electrons. The summed E-state index contributed by atoms with van der Waals surface area (Å²) in [4.78, 5) is 12.4. The van der Waals surface area contributed by atoms with Gasteiger partial charge in [-0.1, -0.05) is 35.9 Å². The fourth-order valence-electron chi connectivity index (χ4n) is 2.76. The number of fused-ring (bicyclic) bond motifs is 1. The predicted octanol–water partition coefficient (Wildman–Crippen LogP) is 4.39. The molecular formula is C17H15BrClNO. The summed E-state index contributed by atoms with van der Waals surface area (Å²) in [7, 11) is 0. The maximum absolute atomic E-state index is 12.4. The Morgan fingerprint density at radius 3 is 2.71 bits per heavy atom. The van der Waals surface area contributed by atoms with Crippen LogP contribution in [0.5, 0.6) is 0 Å². The molecule has 1 unspecified atom stereocenters. The van der Waals surface area contributed by atoms with Gasteiger partial charge >= 0.3 is 0 Å². The molecule has 1 amide bonds. The Bertz CT molecular complexity index is 686. The van der Waals surface area contributed by atoms with Crippen LogP contribution in [-0.2, 0) is 12.8 Å². The lowest BCUT2D eigenvalue weighted by molar-refractivity contribution is 0.0933. The summed E-state index contributed by atoms with van der Waals surface area (Å²) < 4.78 is 0.726. The van der Waals surface area contributed by atoms with Crippen molar-refractivity contribution in [3.63, 3.8) is 0 Å². The predicted molar refractivity (Wildman–Crippen MR) is 88.9 cm³/mol. The molecule has 1 atom stereocenters. The lowest BCUT2D eigenvalue weighted by Gasteiger charge is -2.25. The molecule has 0 fully saturated rings. The highest BCUT2D eigenvalue weighted by Gasteiger charge is 2.21. The van der Waals surface area contributed by atoms with E-state index in [9.17, 15) is 4.79 Å². The van der Waals surface area contributed by atoms with Gasteiger partial charge in [-0.3, -0.25) is 4.79 Å². The molecule has 0 radical (unpaired) electrons. The smallest absolute Gasteiger partial charge is 0.252 e. The van der Waals surface area contributed by atoms with Crippen LogP contribution in [0.4, 0.5) is 0 Å². The number of aryl methyl sites for hydroxylation is 1. The van der Waals surface area contributed by atoms with Gasteiger partial charge in [-0.15, -0.1) is 0 Å². The highest BCUT2D eigenvalue weighted by atomic mass is 79.9. The molecule has 4 heteroatoms. The molecule has 0 bridgehead atoms. The minimum absolute atomic E-state index is 0.0528. The van der Waals surface area contributed by atoms with E-state index in [4.69, 9.17) is 11.6 Å². The summed E-state index contributed by atoms with van der Waals surface area (Å²) in [5.74, 6) is -0.0528. The van der Waals surface area contributed by atoms with E-state index in [1.165, 1.54) is 11.1 Å². The first-order valence-corrected chi connectivity index (χ1v) is 8.13. The van der Waals surface area contributed by atoms with Gasteiger partial charge in [0.05, 0.1) is 5.56 Å². The Balaban J connectivity index is 1.71. The van der Waals surface area contributed by atoms with Crippen molar-refractivity contribution < 1.29 is 4.79 Å². The average Bonchev–Trinajstić information content (AvgIpc) is 2.47. The number of rotatable bonds is 2. The second kappa shape index (κ2) is 6.20. The minimum atomic E-state index is -0.0528. The van der Waals surface area contributed by atoms with Gasteiger partial charge in [0.15, 0.2) is 0 Å². The van der Waals surface area contributed by atoms with Gasteiger partial charge in [0.25, 0.3) is 5.91 Å². The van der Waals surface area contributed by atoms with Crippen molar-refractivity contribution in [3.05, 3.63) is 68.7 Å². The third-order valence-electron chi connectivity index (χ3n) is 3.86. The summed E-state index contributed by atoms with van der Waals surface area (Å²) in [6, 6.07) is 13.9. The van der Waals surface area contributed by atoms with E-state index in [2.05, 4.69) is 45.5 Å². The van der Waals surface area contributed by atoms with Crippen LogP contribution in [0.25, 0.3) is 0 Å². The van der Waals surface area contributed by atoms with Gasteiger partial charge in [0.2, 0.25) is 0 Å². The molecule has 0 spiro atoms. The summed E-state index contributed by atoms with van der Waals surface area (Å²) in [6.45, 7) is 0. The number of hydrogen-bond donors (Lipinski definition) is 1. The van der Waals surface area contributed by atoms with E-state index in [1.807, 2.05) is 0 Å². The van der Waals surface area contributed by atoms with Crippen LogP contribution in [0.2, 0.25) is 5.02 Å². The average molecular weight is 365 g/mol. The third kappa shape index (κ3) is 3.30. The van der Waals surface area contributed by atoms with Crippen LogP contribution in [-0.4, -0.2) is 11.9 Å². The van der Waals surface area contributed by atoms with Crippen LogP contribution in [0, 0.1) is 0 Å². The standard InChI is InChI=1S/C17H15BrClNO/c18-16-10-13(19)6-8-15(16)17(21)20-14-7-5-11-3-1-2-4-12(11)9-14/h1-4,6,8,10,14H,5,7,9H2,(H,20,21). The van der Waals surface area contributed by atoms with E-state index >= 15 is 0 Å². The monoisotopic (exact) mass is 363 g/mol. The zero-order valence-corrected chi connectivity index (χ0v) is 13.7. The molecular weight excluding hydrogens is 350 g/mol. The largest absolute Gasteiger partial charge is 0.349 e. The Morgan fingerprint density at radius 2 is 1.95 bits per heavy atom. The molecule has 21 heavy (non-hydrogen) atoms. The maximum Gasteiger partial charge on any atom is 0.252 e. The number of benzene rings is 2. The van der Waals surface area contributed by atoms with Crippen LogP contribution in [0.1, 0.15) is 27.9 Å². The molecule has 2 aromatic rings. The molecule has 1 N–H and O–H groups in total. The quantitative estimate of drug-likeness (QED) is 0.841. The number of halogens is 2. The van der Waals surface area contributed by atoms with Crippen molar-refractivity contribution >= 4 is 33.4 Å². The SMILES string of the molecule is O=C(NC1CCc2ccccc2C1)c1ccc(Cl)cc1Br. The van der Waals surface area contributed by atoms with Crippen LogP contribution >= 0.6 is 27.5 Å². The first kappa shape index (κ1) is 14.6. The van der Waals surface area contributed by atoms with Gasteiger partial charge in [0, 0.05) is 15.5 Å². The summed E-state index contributed by atoms with van der Waals surface area (Å²) in [5.41, 5.74) is 3.36. The third-order valence-corrected chi connectivity index (χ3v) is 4.75. The fourth-order valence-corrected chi connectivity index (χ4v) is 3.62. The highest BCUT2D eigenvalue weighted by Crippen LogP contribution is 2.24. The van der Waals surface area contributed by atoms with Crippen molar-refractivity contribution in [2.24, 2.45) is 0 Å². The van der Waals surface area contributed by atoms with Crippen LogP contribution in [0.15, 0.2) is 46.9 Å². The van der Waals surface area contributed by atoms with Gasteiger partial charge in [-0.05, 0) is 64.5 Å². The van der Waals surface area contributed by atoms with Crippen molar-refractivity contribution in [1.82, 2.24) is 5.32 Å². The number of carbonyl (C=O) groups is 1. The molecule has 1 aliphatic carbocycles. The second-order valence-corrected chi connectivity index (χ2v) is 6.60. The Labute approximate surface area is 137 Å². The van der Waals surface area contributed by atoms with Gasteiger partial charge in [-0.2, -0.15) is 0 Å². The van der Waals surface area contributed by atoms with Crippen molar-refractivity contribution in [3.8, 4) is 0 Å². The molecule has 2 nitrogen and oxygen atoms in total. The number of hydrogen-bond acceptors (Lipinski definition) is 1. The Kier molecular flexibility index (Phi) is 4.32. The summed E-state index contributed by atoms with van der Waals surface area (Å²) >= 11 is 9.30.